The first-order valence-electron chi connectivity index (χ1n) is 4.74. The molecule has 2 rings (SSSR count). The highest BCUT2D eigenvalue weighted by atomic mass is 35.5. The summed E-state index contributed by atoms with van der Waals surface area (Å²) in [5.41, 5.74) is -0.0373. The molecular formula is C10H7Cl2N3O2S. The quantitative estimate of drug-likeness (QED) is 0.885. The molecule has 0 unspecified atom stereocenters. The Balaban J connectivity index is 2.41. The van der Waals surface area contributed by atoms with Crippen LogP contribution >= 0.6 is 23.2 Å². The predicted octanol–water partition coefficient (Wildman–Crippen LogP) is 2.58. The summed E-state index contributed by atoms with van der Waals surface area (Å²) in [6.45, 7) is 0. The van der Waals surface area contributed by atoms with Crippen LogP contribution in [0.3, 0.4) is 0 Å². The highest BCUT2D eigenvalue weighted by molar-refractivity contribution is 7.92. The van der Waals surface area contributed by atoms with Crippen molar-refractivity contribution in [3.8, 4) is 0 Å². The van der Waals surface area contributed by atoms with Crippen molar-refractivity contribution in [2.24, 2.45) is 0 Å². The average molecular weight is 304 g/mol. The second-order valence-electron chi connectivity index (χ2n) is 3.25. The zero-order valence-corrected chi connectivity index (χ0v) is 11.2. The second kappa shape index (κ2) is 5.09. The van der Waals surface area contributed by atoms with Gasteiger partial charge in [0, 0.05) is 0 Å². The van der Waals surface area contributed by atoms with E-state index in [9.17, 15) is 8.42 Å². The molecule has 2 aromatic rings. The molecule has 0 bridgehead atoms. The smallest absolute Gasteiger partial charge is 0.262 e. The van der Waals surface area contributed by atoms with Gasteiger partial charge in [0.15, 0.2) is 10.3 Å². The van der Waals surface area contributed by atoms with Gasteiger partial charge in [-0.15, -0.1) is 0 Å². The molecule has 0 aliphatic heterocycles. The molecule has 0 saturated heterocycles. The van der Waals surface area contributed by atoms with E-state index in [1.807, 2.05) is 0 Å². The van der Waals surface area contributed by atoms with Crippen molar-refractivity contribution in [1.29, 1.82) is 0 Å². The molecular weight excluding hydrogens is 297 g/mol. The highest BCUT2D eigenvalue weighted by Crippen LogP contribution is 2.28. The minimum atomic E-state index is -3.76. The number of rotatable bonds is 3. The summed E-state index contributed by atoms with van der Waals surface area (Å²) in [5, 5.41) is -0.121. The molecule has 18 heavy (non-hydrogen) atoms. The third kappa shape index (κ3) is 2.72. The molecule has 0 aliphatic rings. The molecule has 1 N–H and O–H groups in total. The third-order valence-electron chi connectivity index (χ3n) is 2.04. The molecule has 1 aromatic heterocycles. The van der Waals surface area contributed by atoms with Crippen molar-refractivity contribution >= 4 is 38.9 Å². The fourth-order valence-corrected chi connectivity index (χ4v) is 2.84. The normalized spacial score (nSPS) is 11.2. The summed E-state index contributed by atoms with van der Waals surface area (Å²) in [5.74, 6) is 0. The summed E-state index contributed by atoms with van der Waals surface area (Å²) in [4.78, 5) is 7.42. The Hall–Kier alpha value is -1.37. The third-order valence-corrected chi connectivity index (χ3v) is 3.98. The van der Waals surface area contributed by atoms with Gasteiger partial charge in [0.05, 0.1) is 4.90 Å². The number of halogens is 2. The summed E-state index contributed by atoms with van der Waals surface area (Å²) in [6.07, 6.45) is 1.14. The summed E-state index contributed by atoms with van der Waals surface area (Å²) < 4.78 is 26.3. The second-order valence-corrected chi connectivity index (χ2v) is 5.65. The Bertz CT molecular complexity index is 642. The van der Waals surface area contributed by atoms with Crippen molar-refractivity contribution in [1.82, 2.24) is 9.97 Å². The van der Waals surface area contributed by atoms with E-state index in [1.165, 1.54) is 12.1 Å². The topological polar surface area (TPSA) is 72.0 Å². The predicted molar refractivity (Wildman–Crippen MR) is 69.3 cm³/mol. The van der Waals surface area contributed by atoms with Crippen LogP contribution in [0.4, 0.5) is 5.69 Å². The fraction of sp³-hybridized carbons (Fsp3) is 0. The fourth-order valence-electron chi connectivity index (χ4n) is 1.22. The summed E-state index contributed by atoms with van der Waals surface area (Å²) in [7, 11) is -3.76. The molecule has 1 heterocycles. The Morgan fingerprint density at radius 3 is 2.11 bits per heavy atom. The maximum absolute atomic E-state index is 12.0. The lowest BCUT2D eigenvalue weighted by atomic mass is 10.4. The summed E-state index contributed by atoms with van der Waals surface area (Å²) in [6, 6.07) is 7.84. The van der Waals surface area contributed by atoms with Crippen LogP contribution < -0.4 is 4.72 Å². The molecule has 1 aromatic carbocycles. The lowest BCUT2D eigenvalue weighted by Gasteiger charge is -2.09. The average Bonchev–Trinajstić information content (AvgIpc) is 2.35. The highest BCUT2D eigenvalue weighted by Gasteiger charge is 2.18. The monoisotopic (exact) mass is 303 g/mol. The van der Waals surface area contributed by atoms with Gasteiger partial charge in [0.1, 0.15) is 12.0 Å². The number of hydrogen-bond donors (Lipinski definition) is 1. The molecule has 8 heteroatoms. The SMILES string of the molecule is O=S(=O)(Nc1c(Cl)ncnc1Cl)c1ccccc1. The number of nitrogens with zero attached hydrogens (tertiary/aromatic N) is 2. The van der Waals surface area contributed by atoms with Crippen LogP contribution in [0, 0.1) is 0 Å². The molecule has 0 spiro atoms. The van der Waals surface area contributed by atoms with Crippen molar-refractivity contribution in [3.05, 3.63) is 47.0 Å². The number of hydrogen-bond acceptors (Lipinski definition) is 4. The van der Waals surface area contributed by atoms with E-state index in [1.54, 1.807) is 18.2 Å². The van der Waals surface area contributed by atoms with Gasteiger partial charge < -0.3 is 0 Å². The van der Waals surface area contributed by atoms with Crippen LogP contribution in [0.2, 0.25) is 10.3 Å². The van der Waals surface area contributed by atoms with E-state index < -0.39 is 10.0 Å². The molecule has 94 valence electrons. The van der Waals surface area contributed by atoms with E-state index in [0.29, 0.717) is 0 Å². The van der Waals surface area contributed by atoms with E-state index in [4.69, 9.17) is 23.2 Å². The Kier molecular flexibility index (Phi) is 3.70. The van der Waals surface area contributed by atoms with Gasteiger partial charge in [-0.2, -0.15) is 0 Å². The van der Waals surface area contributed by atoms with Gasteiger partial charge >= 0.3 is 0 Å². The number of sulfonamides is 1. The van der Waals surface area contributed by atoms with Gasteiger partial charge in [-0.1, -0.05) is 41.4 Å². The maximum Gasteiger partial charge on any atom is 0.262 e. The van der Waals surface area contributed by atoms with Crippen molar-refractivity contribution in [2.75, 3.05) is 4.72 Å². The van der Waals surface area contributed by atoms with Gasteiger partial charge in [0.2, 0.25) is 0 Å². The lowest BCUT2D eigenvalue weighted by Crippen LogP contribution is -2.14. The number of benzene rings is 1. The summed E-state index contributed by atoms with van der Waals surface area (Å²) >= 11 is 11.5. The Labute approximate surface area is 114 Å². The Morgan fingerprint density at radius 1 is 1.00 bits per heavy atom. The van der Waals surface area contributed by atoms with E-state index in [0.717, 1.165) is 6.33 Å². The minimum Gasteiger partial charge on any atom is -0.274 e. The number of aromatic nitrogens is 2. The standard InChI is InChI=1S/C10H7Cl2N3O2S/c11-9-8(10(12)14-6-13-9)15-18(16,17)7-4-2-1-3-5-7/h1-6,15H. The lowest BCUT2D eigenvalue weighted by molar-refractivity contribution is 0.601. The van der Waals surface area contributed by atoms with Crippen molar-refractivity contribution in [3.63, 3.8) is 0 Å². The van der Waals surface area contributed by atoms with Crippen LogP contribution in [-0.4, -0.2) is 18.4 Å². The van der Waals surface area contributed by atoms with Crippen molar-refractivity contribution < 1.29 is 8.42 Å². The van der Waals surface area contributed by atoms with Crippen molar-refractivity contribution in [2.45, 2.75) is 4.90 Å². The van der Waals surface area contributed by atoms with E-state index in [-0.39, 0.29) is 20.9 Å². The molecule has 0 radical (unpaired) electrons. The van der Waals surface area contributed by atoms with Crippen LogP contribution in [0.1, 0.15) is 0 Å². The van der Waals surface area contributed by atoms with Crippen LogP contribution in [0.5, 0.6) is 0 Å². The molecule has 0 aliphatic carbocycles. The van der Waals surface area contributed by atoms with Gasteiger partial charge in [-0.05, 0) is 12.1 Å². The van der Waals surface area contributed by atoms with Gasteiger partial charge in [-0.3, -0.25) is 4.72 Å². The molecule has 0 saturated carbocycles. The zero-order chi connectivity index (χ0) is 13.2. The maximum atomic E-state index is 12.0. The first-order valence-corrected chi connectivity index (χ1v) is 6.98. The van der Waals surface area contributed by atoms with E-state index in [2.05, 4.69) is 14.7 Å². The zero-order valence-electron chi connectivity index (χ0n) is 8.84. The van der Waals surface area contributed by atoms with Crippen LogP contribution in [-0.2, 0) is 10.0 Å². The molecule has 0 amide bonds. The van der Waals surface area contributed by atoms with E-state index >= 15 is 0 Å². The van der Waals surface area contributed by atoms with Crippen LogP contribution in [0.15, 0.2) is 41.6 Å². The van der Waals surface area contributed by atoms with Gasteiger partial charge in [-0.25, -0.2) is 18.4 Å². The molecule has 0 atom stereocenters. The molecule has 5 nitrogen and oxygen atoms in total. The minimum absolute atomic E-state index is 0.0373. The number of anilines is 1. The van der Waals surface area contributed by atoms with Gasteiger partial charge in [0.25, 0.3) is 10.0 Å². The Morgan fingerprint density at radius 2 is 1.56 bits per heavy atom. The number of nitrogens with one attached hydrogen (secondary N) is 1. The molecule has 0 fully saturated rings. The first kappa shape index (κ1) is 13.1. The van der Waals surface area contributed by atoms with Crippen LogP contribution in [0.25, 0.3) is 0 Å². The largest absolute Gasteiger partial charge is 0.274 e. The first-order chi connectivity index (χ1) is 8.50.